The lowest BCUT2D eigenvalue weighted by molar-refractivity contribution is 0.0912. The summed E-state index contributed by atoms with van der Waals surface area (Å²) in [6.07, 6.45) is -0.759. The number of carbonyl (C=O) groups is 1. The fourth-order valence-electron chi connectivity index (χ4n) is 1.97. The number of aromatic nitrogens is 1. The van der Waals surface area contributed by atoms with E-state index in [1.54, 1.807) is 17.5 Å². The summed E-state index contributed by atoms with van der Waals surface area (Å²) in [5.74, 6) is 0.365. The Balaban J connectivity index is 0.00000288. The topological polar surface area (TPSA) is 97.5 Å². The molecule has 0 spiro atoms. The third-order valence-corrected chi connectivity index (χ3v) is 3.90. The normalized spacial score (nSPS) is 11.7. The number of aliphatic hydroxyl groups excluding tert-OH is 1. The van der Waals surface area contributed by atoms with E-state index in [2.05, 4.69) is 10.3 Å². The maximum absolute atomic E-state index is 12.0. The van der Waals surface area contributed by atoms with E-state index in [9.17, 15) is 9.90 Å². The second kappa shape index (κ2) is 9.58. The van der Waals surface area contributed by atoms with Gasteiger partial charge in [0.2, 0.25) is 0 Å². The first-order chi connectivity index (χ1) is 11.0. The second-order valence-electron chi connectivity index (χ2n) is 5.30. The number of nitrogens with zero attached hydrogens (tertiary/aromatic N) is 1. The van der Waals surface area contributed by atoms with Crippen LogP contribution in [0.4, 0.5) is 0 Å². The van der Waals surface area contributed by atoms with Crippen LogP contribution < -0.4 is 15.8 Å². The van der Waals surface area contributed by atoms with Gasteiger partial charge in [-0.2, -0.15) is 0 Å². The van der Waals surface area contributed by atoms with Crippen LogP contribution >= 0.6 is 23.7 Å². The minimum absolute atomic E-state index is 0. The molecular formula is C16H22ClN3O3S. The predicted octanol–water partition coefficient (Wildman–Crippen LogP) is 2.27. The van der Waals surface area contributed by atoms with Gasteiger partial charge in [-0.3, -0.25) is 4.79 Å². The van der Waals surface area contributed by atoms with Crippen LogP contribution in [0.2, 0.25) is 0 Å². The smallest absolute Gasteiger partial charge is 0.270 e. The molecule has 132 valence electrons. The molecule has 1 unspecified atom stereocenters. The van der Waals surface area contributed by atoms with Crippen LogP contribution in [-0.4, -0.2) is 28.6 Å². The lowest BCUT2D eigenvalue weighted by atomic mass is 10.1. The molecule has 1 aromatic carbocycles. The molecule has 2 rings (SSSR count). The Morgan fingerprint density at radius 1 is 1.46 bits per heavy atom. The summed E-state index contributed by atoms with van der Waals surface area (Å²) in [5.41, 5.74) is 6.48. The van der Waals surface area contributed by atoms with E-state index in [1.807, 2.05) is 26.0 Å². The lowest BCUT2D eigenvalue weighted by Gasteiger charge is -2.14. The first-order valence-corrected chi connectivity index (χ1v) is 8.25. The Morgan fingerprint density at radius 2 is 2.21 bits per heavy atom. The monoisotopic (exact) mass is 371 g/mol. The van der Waals surface area contributed by atoms with Gasteiger partial charge in [-0.25, -0.2) is 4.98 Å². The Kier molecular flexibility index (Phi) is 8.14. The molecule has 24 heavy (non-hydrogen) atoms. The standard InChI is InChI=1S/C16H21N3O3S.ClH/c1-10(2)22-12-5-3-4-11(6-12)14(20)8-18-16(21)13-9-23-15(7-17)19-13;/h3-6,9-10,14,20H,7-8,17H2,1-2H3,(H,18,21);1H. The SMILES string of the molecule is CC(C)Oc1cccc(C(O)CNC(=O)c2csc(CN)n2)c1.Cl. The zero-order chi connectivity index (χ0) is 16.8. The molecule has 0 bridgehead atoms. The van der Waals surface area contributed by atoms with Gasteiger partial charge in [0.1, 0.15) is 16.5 Å². The van der Waals surface area contributed by atoms with E-state index in [1.165, 1.54) is 11.3 Å². The van der Waals surface area contributed by atoms with E-state index in [0.29, 0.717) is 28.6 Å². The fraction of sp³-hybridized carbons (Fsp3) is 0.375. The number of carbonyl (C=O) groups excluding carboxylic acids is 1. The first-order valence-electron chi connectivity index (χ1n) is 7.37. The molecule has 0 saturated heterocycles. The summed E-state index contributed by atoms with van der Waals surface area (Å²) < 4.78 is 5.60. The molecule has 0 radical (unpaired) electrons. The highest BCUT2D eigenvalue weighted by atomic mass is 35.5. The van der Waals surface area contributed by atoms with Gasteiger partial charge >= 0.3 is 0 Å². The number of aliphatic hydroxyl groups is 1. The Morgan fingerprint density at radius 3 is 2.83 bits per heavy atom. The quantitative estimate of drug-likeness (QED) is 0.693. The largest absolute Gasteiger partial charge is 0.491 e. The van der Waals surface area contributed by atoms with Gasteiger partial charge in [0.25, 0.3) is 5.91 Å². The van der Waals surface area contributed by atoms with Crippen LogP contribution in [0.25, 0.3) is 0 Å². The molecule has 2 aromatic rings. The number of halogens is 1. The average molecular weight is 372 g/mol. The predicted molar refractivity (Wildman–Crippen MR) is 96.8 cm³/mol. The van der Waals surface area contributed by atoms with Gasteiger partial charge in [-0.05, 0) is 31.5 Å². The number of thiazole rings is 1. The van der Waals surface area contributed by atoms with Gasteiger partial charge in [0, 0.05) is 18.5 Å². The molecule has 0 saturated carbocycles. The number of hydrogen-bond donors (Lipinski definition) is 3. The molecule has 1 heterocycles. The molecule has 1 aromatic heterocycles. The maximum Gasteiger partial charge on any atom is 0.270 e. The molecule has 0 aliphatic heterocycles. The number of amides is 1. The minimum Gasteiger partial charge on any atom is -0.491 e. The van der Waals surface area contributed by atoms with Crippen LogP contribution in [0.3, 0.4) is 0 Å². The zero-order valence-electron chi connectivity index (χ0n) is 13.6. The average Bonchev–Trinajstić information content (AvgIpc) is 3.01. The van der Waals surface area contributed by atoms with Gasteiger partial charge < -0.3 is 20.9 Å². The molecule has 4 N–H and O–H groups in total. The van der Waals surface area contributed by atoms with Crippen molar-refractivity contribution in [3.05, 3.63) is 45.9 Å². The van der Waals surface area contributed by atoms with Crippen molar-refractivity contribution in [1.29, 1.82) is 0 Å². The van der Waals surface area contributed by atoms with E-state index in [0.717, 1.165) is 0 Å². The van der Waals surface area contributed by atoms with Crippen molar-refractivity contribution in [1.82, 2.24) is 10.3 Å². The van der Waals surface area contributed by atoms with Gasteiger partial charge in [-0.15, -0.1) is 23.7 Å². The number of nitrogens with two attached hydrogens (primary N) is 1. The van der Waals surface area contributed by atoms with E-state index in [4.69, 9.17) is 10.5 Å². The van der Waals surface area contributed by atoms with Crippen LogP contribution in [0, 0.1) is 0 Å². The molecule has 1 atom stereocenters. The molecule has 8 heteroatoms. The lowest BCUT2D eigenvalue weighted by Crippen LogP contribution is -2.28. The Labute approximate surface area is 151 Å². The van der Waals surface area contributed by atoms with Crippen molar-refractivity contribution in [2.24, 2.45) is 5.73 Å². The molecule has 0 aliphatic carbocycles. The maximum atomic E-state index is 12.0. The van der Waals surface area contributed by atoms with Crippen LogP contribution in [0.15, 0.2) is 29.6 Å². The van der Waals surface area contributed by atoms with Crippen molar-refractivity contribution in [3.63, 3.8) is 0 Å². The molecule has 0 fully saturated rings. The summed E-state index contributed by atoms with van der Waals surface area (Å²) in [6.45, 7) is 4.28. The number of benzene rings is 1. The Hall–Kier alpha value is -1.67. The van der Waals surface area contributed by atoms with E-state index in [-0.39, 0.29) is 31.0 Å². The third-order valence-electron chi connectivity index (χ3n) is 3.03. The number of nitrogens with one attached hydrogen (secondary N) is 1. The first kappa shape index (κ1) is 20.4. The highest BCUT2D eigenvalue weighted by molar-refractivity contribution is 7.09. The van der Waals surface area contributed by atoms with Crippen LogP contribution in [-0.2, 0) is 6.54 Å². The van der Waals surface area contributed by atoms with Crippen molar-refractivity contribution in [2.45, 2.75) is 32.6 Å². The number of hydrogen-bond acceptors (Lipinski definition) is 6. The Bertz CT molecular complexity index is 664. The van der Waals surface area contributed by atoms with Crippen molar-refractivity contribution in [2.75, 3.05) is 6.54 Å². The molecule has 1 amide bonds. The zero-order valence-corrected chi connectivity index (χ0v) is 15.2. The minimum atomic E-state index is -0.817. The molecular weight excluding hydrogens is 350 g/mol. The highest BCUT2D eigenvalue weighted by Gasteiger charge is 2.14. The summed E-state index contributed by atoms with van der Waals surface area (Å²) in [5, 5.41) is 15.2. The van der Waals surface area contributed by atoms with Crippen LogP contribution in [0.1, 0.15) is 41.0 Å². The van der Waals surface area contributed by atoms with Crippen LogP contribution in [0.5, 0.6) is 5.75 Å². The van der Waals surface area contributed by atoms with Crippen molar-refractivity contribution >= 4 is 29.7 Å². The number of rotatable bonds is 7. The van der Waals surface area contributed by atoms with Gasteiger partial charge in [0.05, 0.1) is 12.2 Å². The van der Waals surface area contributed by atoms with Crippen molar-refractivity contribution in [3.8, 4) is 5.75 Å². The second-order valence-corrected chi connectivity index (χ2v) is 6.24. The molecule has 6 nitrogen and oxygen atoms in total. The van der Waals surface area contributed by atoms with E-state index < -0.39 is 6.10 Å². The van der Waals surface area contributed by atoms with Crippen molar-refractivity contribution < 1.29 is 14.6 Å². The summed E-state index contributed by atoms with van der Waals surface area (Å²) in [4.78, 5) is 16.1. The third kappa shape index (κ3) is 5.76. The fourth-order valence-corrected chi connectivity index (χ4v) is 2.63. The summed E-state index contributed by atoms with van der Waals surface area (Å²) >= 11 is 1.34. The van der Waals surface area contributed by atoms with Gasteiger partial charge in [-0.1, -0.05) is 12.1 Å². The molecule has 0 aliphatic rings. The summed E-state index contributed by atoms with van der Waals surface area (Å²) in [6, 6.07) is 7.20. The number of ether oxygens (including phenoxy) is 1. The van der Waals surface area contributed by atoms with Gasteiger partial charge in [0.15, 0.2) is 0 Å². The summed E-state index contributed by atoms with van der Waals surface area (Å²) in [7, 11) is 0. The highest BCUT2D eigenvalue weighted by Crippen LogP contribution is 2.20. The van der Waals surface area contributed by atoms with E-state index >= 15 is 0 Å².